The molecule has 2 N–H and O–H groups in total. The van der Waals surface area contributed by atoms with Gasteiger partial charge in [0.1, 0.15) is 5.82 Å². The third-order valence-electron chi connectivity index (χ3n) is 5.87. The van der Waals surface area contributed by atoms with Crippen LogP contribution in [0.3, 0.4) is 0 Å². The Morgan fingerprint density at radius 2 is 2.00 bits per heavy atom. The molecule has 2 amide bonds. The molecule has 0 aliphatic carbocycles. The van der Waals surface area contributed by atoms with Crippen molar-refractivity contribution < 1.29 is 14.3 Å². The Morgan fingerprint density at radius 1 is 1.21 bits per heavy atom. The maximum atomic E-state index is 12.9. The number of hydrogen-bond acceptors (Lipinski definition) is 6. The Labute approximate surface area is 203 Å². The summed E-state index contributed by atoms with van der Waals surface area (Å²) < 4.78 is 5.05. The van der Waals surface area contributed by atoms with Crippen LogP contribution >= 0.6 is 23.2 Å². The van der Waals surface area contributed by atoms with Crippen molar-refractivity contribution in [1.29, 1.82) is 0 Å². The maximum absolute atomic E-state index is 12.9. The molecule has 0 bridgehead atoms. The number of fused-ring (bicyclic) bond motifs is 1. The summed E-state index contributed by atoms with van der Waals surface area (Å²) in [5, 5.41) is 7.64. The van der Waals surface area contributed by atoms with Crippen molar-refractivity contribution in [3.63, 3.8) is 0 Å². The number of amides is 2. The lowest BCUT2D eigenvalue weighted by Crippen LogP contribution is -2.46. The molecule has 1 aromatic carbocycles. The van der Waals surface area contributed by atoms with E-state index in [2.05, 4.69) is 20.5 Å². The average molecular weight is 492 g/mol. The number of carbonyl (C=O) groups is 2. The lowest BCUT2D eigenvalue weighted by atomic mass is 10.0. The smallest absolute Gasteiger partial charge is 0.409 e. The number of likely N-dealkylation sites (tertiary alicyclic amines) is 1. The minimum Gasteiger partial charge on any atom is -0.450 e. The van der Waals surface area contributed by atoms with Crippen molar-refractivity contribution in [2.75, 3.05) is 43.0 Å². The highest BCUT2D eigenvalue weighted by Crippen LogP contribution is 2.31. The predicted molar refractivity (Wildman–Crippen MR) is 129 cm³/mol. The zero-order valence-electron chi connectivity index (χ0n) is 18.4. The predicted octanol–water partition coefficient (Wildman–Crippen LogP) is 4.17. The van der Waals surface area contributed by atoms with Crippen molar-refractivity contribution in [3.05, 3.63) is 51.6 Å². The van der Waals surface area contributed by atoms with E-state index in [1.54, 1.807) is 30.2 Å². The Hall–Kier alpha value is -2.71. The molecule has 3 heterocycles. The third-order valence-corrected chi connectivity index (χ3v) is 6.47. The molecule has 0 spiro atoms. The van der Waals surface area contributed by atoms with E-state index >= 15 is 0 Å². The van der Waals surface area contributed by atoms with E-state index in [0.29, 0.717) is 54.7 Å². The molecule has 1 aromatic heterocycles. The second kappa shape index (κ2) is 10.5. The molecule has 0 atom stereocenters. The Kier molecular flexibility index (Phi) is 7.45. The summed E-state index contributed by atoms with van der Waals surface area (Å²) in [5.41, 5.74) is 2.26. The van der Waals surface area contributed by atoms with Gasteiger partial charge >= 0.3 is 6.09 Å². The van der Waals surface area contributed by atoms with Gasteiger partial charge in [0.25, 0.3) is 5.91 Å². The number of ether oxygens (including phenoxy) is 1. The third kappa shape index (κ3) is 5.62. The van der Waals surface area contributed by atoms with Crippen LogP contribution in [-0.2, 0) is 11.3 Å². The number of hydrogen-bond donors (Lipinski definition) is 2. The van der Waals surface area contributed by atoms with Gasteiger partial charge < -0.3 is 25.2 Å². The standard InChI is InChI=1S/C23H27Cl2N5O3/c1-2-33-23(32)29-8-5-18(6-9-29)28-22(31)15-12-20-21(27-13-15)26-7-10-30(20)14-16-11-17(24)3-4-19(16)25/h3-4,11-13,18H,2,5-10,14H2,1H3,(H,26,27)(H,28,31). The highest BCUT2D eigenvalue weighted by molar-refractivity contribution is 6.33. The fourth-order valence-corrected chi connectivity index (χ4v) is 4.48. The van der Waals surface area contributed by atoms with Gasteiger partial charge in [-0.15, -0.1) is 0 Å². The summed E-state index contributed by atoms with van der Waals surface area (Å²) in [5.74, 6) is 0.560. The van der Waals surface area contributed by atoms with Crippen LogP contribution in [0.5, 0.6) is 0 Å². The van der Waals surface area contributed by atoms with Crippen LogP contribution in [0.1, 0.15) is 35.7 Å². The summed E-state index contributed by atoms with van der Waals surface area (Å²) >= 11 is 12.5. The van der Waals surface area contributed by atoms with Crippen LogP contribution in [0.2, 0.25) is 10.0 Å². The number of pyridine rings is 1. The molecule has 2 aliphatic rings. The largest absolute Gasteiger partial charge is 0.450 e. The summed E-state index contributed by atoms with van der Waals surface area (Å²) in [6, 6.07) is 7.27. The first kappa shape index (κ1) is 23.4. The quantitative estimate of drug-likeness (QED) is 0.652. The second-order valence-corrected chi connectivity index (χ2v) is 8.95. The lowest BCUT2D eigenvalue weighted by molar-refractivity contribution is 0.0860. The fraction of sp³-hybridized carbons (Fsp3) is 0.435. The van der Waals surface area contributed by atoms with E-state index in [1.165, 1.54) is 0 Å². The Morgan fingerprint density at radius 3 is 2.76 bits per heavy atom. The number of anilines is 2. The van der Waals surface area contributed by atoms with Crippen LogP contribution in [0.25, 0.3) is 0 Å². The SMILES string of the molecule is CCOC(=O)N1CCC(NC(=O)c2cnc3c(c2)N(Cc2cc(Cl)ccc2Cl)CCN3)CC1. The lowest BCUT2D eigenvalue weighted by Gasteiger charge is -2.33. The Bertz CT molecular complexity index is 1030. The van der Waals surface area contributed by atoms with Crippen molar-refractivity contribution in [3.8, 4) is 0 Å². The molecule has 2 aromatic rings. The van der Waals surface area contributed by atoms with Gasteiger partial charge in [-0.2, -0.15) is 0 Å². The molecule has 176 valence electrons. The molecule has 33 heavy (non-hydrogen) atoms. The number of benzene rings is 1. The number of nitrogens with one attached hydrogen (secondary N) is 2. The van der Waals surface area contributed by atoms with E-state index in [-0.39, 0.29) is 18.0 Å². The first-order valence-corrected chi connectivity index (χ1v) is 11.9. The maximum Gasteiger partial charge on any atom is 0.409 e. The van der Waals surface area contributed by atoms with E-state index in [0.717, 1.165) is 30.2 Å². The zero-order valence-corrected chi connectivity index (χ0v) is 20.0. The molecular formula is C23H27Cl2N5O3. The van der Waals surface area contributed by atoms with Crippen LogP contribution in [0, 0.1) is 0 Å². The summed E-state index contributed by atoms with van der Waals surface area (Å²) in [7, 11) is 0. The molecule has 2 aliphatic heterocycles. The van der Waals surface area contributed by atoms with Crippen molar-refractivity contribution >= 4 is 46.7 Å². The number of halogens is 2. The summed E-state index contributed by atoms with van der Waals surface area (Å²) in [6.07, 6.45) is 2.66. The fourth-order valence-electron chi connectivity index (χ4n) is 4.11. The van der Waals surface area contributed by atoms with Crippen LogP contribution in [0.15, 0.2) is 30.5 Å². The van der Waals surface area contributed by atoms with Crippen LogP contribution in [0.4, 0.5) is 16.3 Å². The van der Waals surface area contributed by atoms with E-state index < -0.39 is 0 Å². The average Bonchev–Trinajstić information content (AvgIpc) is 2.82. The molecule has 0 radical (unpaired) electrons. The van der Waals surface area contributed by atoms with Crippen molar-refractivity contribution in [1.82, 2.24) is 15.2 Å². The molecule has 10 heteroatoms. The highest BCUT2D eigenvalue weighted by Gasteiger charge is 2.26. The molecule has 8 nitrogen and oxygen atoms in total. The minimum absolute atomic E-state index is 0.00120. The Balaban J connectivity index is 1.43. The molecular weight excluding hydrogens is 465 g/mol. The number of rotatable bonds is 5. The van der Waals surface area contributed by atoms with Crippen molar-refractivity contribution in [2.24, 2.45) is 0 Å². The summed E-state index contributed by atoms with van der Waals surface area (Å²) in [6.45, 7) is 5.31. The van der Waals surface area contributed by atoms with Gasteiger partial charge in [-0.3, -0.25) is 4.79 Å². The van der Waals surface area contributed by atoms with E-state index in [9.17, 15) is 9.59 Å². The van der Waals surface area contributed by atoms with E-state index in [4.69, 9.17) is 27.9 Å². The summed E-state index contributed by atoms with van der Waals surface area (Å²) in [4.78, 5) is 33.1. The van der Waals surface area contributed by atoms with Gasteiger partial charge in [0, 0.05) is 55.0 Å². The molecule has 1 fully saturated rings. The van der Waals surface area contributed by atoms with Gasteiger partial charge in [0.15, 0.2) is 0 Å². The van der Waals surface area contributed by atoms with Crippen LogP contribution < -0.4 is 15.5 Å². The molecule has 4 rings (SSSR count). The number of carbonyl (C=O) groups excluding carboxylic acids is 2. The normalized spacial score (nSPS) is 16.1. The zero-order chi connectivity index (χ0) is 23.4. The van der Waals surface area contributed by atoms with Gasteiger partial charge in [-0.25, -0.2) is 9.78 Å². The molecule has 0 unspecified atom stereocenters. The minimum atomic E-state index is -0.298. The molecule has 1 saturated heterocycles. The first-order chi connectivity index (χ1) is 15.9. The van der Waals surface area contributed by atoms with Gasteiger partial charge in [0.2, 0.25) is 0 Å². The first-order valence-electron chi connectivity index (χ1n) is 11.1. The van der Waals surface area contributed by atoms with Crippen LogP contribution in [-0.4, -0.2) is 60.7 Å². The number of nitrogens with zero attached hydrogens (tertiary/aromatic N) is 3. The highest BCUT2D eigenvalue weighted by atomic mass is 35.5. The van der Waals surface area contributed by atoms with Gasteiger partial charge in [-0.05, 0) is 49.6 Å². The topological polar surface area (TPSA) is 86.8 Å². The van der Waals surface area contributed by atoms with Gasteiger partial charge in [0.05, 0.1) is 17.9 Å². The van der Waals surface area contributed by atoms with E-state index in [1.807, 2.05) is 12.1 Å². The molecule has 0 saturated carbocycles. The number of piperidine rings is 1. The second-order valence-electron chi connectivity index (χ2n) is 8.11. The monoisotopic (exact) mass is 491 g/mol. The number of aromatic nitrogens is 1. The van der Waals surface area contributed by atoms with Crippen molar-refractivity contribution in [2.45, 2.75) is 32.4 Å². The van der Waals surface area contributed by atoms with Gasteiger partial charge in [-0.1, -0.05) is 23.2 Å².